The van der Waals surface area contributed by atoms with E-state index in [-0.39, 0.29) is 6.10 Å². The molecule has 0 bridgehead atoms. The standard InChI is InChI=1S/C13H24N2O3/c1-10(2)11-9-13(12(16)17,3-8-18-11)15-6-4-14-5-7-15/h10-11,14H,3-9H2,1-2H3,(H,16,17). The highest BCUT2D eigenvalue weighted by atomic mass is 16.5. The Balaban J connectivity index is 2.17. The van der Waals surface area contributed by atoms with E-state index in [9.17, 15) is 9.90 Å². The van der Waals surface area contributed by atoms with Crippen LogP contribution in [0.4, 0.5) is 0 Å². The van der Waals surface area contributed by atoms with Gasteiger partial charge in [-0.2, -0.15) is 0 Å². The third-order valence-electron chi connectivity index (χ3n) is 4.25. The van der Waals surface area contributed by atoms with Gasteiger partial charge in [-0.05, 0) is 12.3 Å². The van der Waals surface area contributed by atoms with Gasteiger partial charge in [0.05, 0.1) is 6.10 Å². The lowest BCUT2D eigenvalue weighted by Gasteiger charge is -2.47. The van der Waals surface area contributed by atoms with Crippen molar-refractivity contribution >= 4 is 5.97 Å². The lowest BCUT2D eigenvalue weighted by molar-refractivity contribution is -0.166. The van der Waals surface area contributed by atoms with Crippen LogP contribution in [-0.4, -0.2) is 60.4 Å². The Kier molecular flexibility index (Phi) is 4.25. The number of piperazine rings is 1. The molecule has 0 aliphatic carbocycles. The number of nitrogens with zero attached hydrogens (tertiary/aromatic N) is 1. The van der Waals surface area contributed by atoms with Gasteiger partial charge in [-0.1, -0.05) is 13.8 Å². The highest BCUT2D eigenvalue weighted by Crippen LogP contribution is 2.34. The van der Waals surface area contributed by atoms with Crippen LogP contribution < -0.4 is 5.32 Å². The van der Waals surface area contributed by atoms with Crippen LogP contribution >= 0.6 is 0 Å². The van der Waals surface area contributed by atoms with E-state index >= 15 is 0 Å². The maximum absolute atomic E-state index is 11.8. The van der Waals surface area contributed by atoms with Gasteiger partial charge in [0, 0.05) is 39.2 Å². The summed E-state index contributed by atoms with van der Waals surface area (Å²) in [5.41, 5.74) is -0.713. The van der Waals surface area contributed by atoms with Crippen molar-refractivity contribution in [3.05, 3.63) is 0 Å². The van der Waals surface area contributed by atoms with Gasteiger partial charge >= 0.3 is 5.97 Å². The Morgan fingerprint density at radius 1 is 1.44 bits per heavy atom. The number of nitrogens with one attached hydrogen (secondary N) is 1. The molecule has 18 heavy (non-hydrogen) atoms. The molecule has 2 aliphatic rings. The fraction of sp³-hybridized carbons (Fsp3) is 0.923. The minimum absolute atomic E-state index is 0.0599. The predicted molar refractivity (Wildman–Crippen MR) is 68.6 cm³/mol. The van der Waals surface area contributed by atoms with Gasteiger partial charge in [-0.25, -0.2) is 0 Å². The number of rotatable bonds is 3. The summed E-state index contributed by atoms with van der Waals surface area (Å²) in [4.78, 5) is 14.0. The summed E-state index contributed by atoms with van der Waals surface area (Å²) in [6, 6.07) is 0. The first-order valence-corrected chi connectivity index (χ1v) is 6.87. The van der Waals surface area contributed by atoms with Crippen LogP contribution in [0.5, 0.6) is 0 Å². The zero-order valence-corrected chi connectivity index (χ0v) is 11.3. The van der Waals surface area contributed by atoms with Crippen LogP contribution in [-0.2, 0) is 9.53 Å². The van der Waals surface area contributed by atoms with Crippen LogP contribution in [0.25, 0.3) is 0 Å². The van der Waals surface area contributed by atoms with Crippen molar-refractivity contribution in [2.24, 2.45) is 5.92 Å². The molecule has 2 heterocycles. The summed E-state index contributed by atoms with van der Waals surface area (Å²) in [5.74, 6) is -0.315. The smallest absolute Gasteiger partial charge is 0.324 e. The molecule has 2 fully saturated rings. The monoisotopic (exact) mass is 256 g/mol. The van der Waals surface area contributed by atoms with Crippen LogP contribution in [0.3, 0.4) is 0 Å². The van der Waals surface area contributed by atoms with E-state index in [0.717, 1.165) is 26.2 Å². The van der Waals surface area contributed by atoms with Gasteiger partial charge in [0.2, 0.25) is 0 Å². The molecule has 0 radical (unpaired) electrons. The van der Waals surface area contributed by atoms with E-state index in [2.05, 4.69) is 24.1 Å². The highest BCUT2D eigenvalue weighted by molar-refractivity contribution is 5.79. The quantitative estimate of drug-likeness (QED) is 0.772. The average Bonchev–Trinajstić information content (AvgIpc) is 2.39. The number of carboxylic acids is 1. The van der Waals surface area contributed by atoms with Crippen molar-refractivity contribution < 1.29 is 14.6 Å². The summed E-state index contributed by atoms with van der Waals surface area (Å²) < 4.78 is 5.73. The molecule has 2 aliphatic heterocycles. The molecule has 5 nitrogen and oxygen atoms in total. The second kappa shape index (κ2) is 5.55. The molecule has 104 valence electrons. The molecule has 0 saturated carbocycles. The van der Waals surface area contributed by atoms with Crippen molar-refractivity contribution in [2.75, 3.05) is 32.8 Å². The molecule has 5 heteroatoms. The third kappa shape index (κ3) is 2.53. The van der Waals surface area contributed by atoms with Gasteiger partial charge in [-0.15, -0.1) is 0 Å². The van der Waals surface area contributed by atoms with Gasteiger partial charge < -0.3 is 15.2 Å². The zero-order valence-electron chi connectivity index (χ0n) is 11.3. The number of ether oxygens (including phenoxy) is 1. The second-order valence-corrected chi connectivity index (χ2v) is 5.68. The molecule has 2 saturated heterocycles. The van der Waals surface area contributed by atoms with Crippen molar-refractivity contribution in [3.8, 4) is 0 Å². The van der Waals surface area contributed by atoms with Crippen LogP contribution in [0.1, 0.15) is 26.7 Å². The summed E-state index contributed by atoms with van der Waals surface area (Å²) in [7, 11) is 0. The molecule has 0 aromatic rings. The molecular weight excluding hydrogens is 232 g/mol. The minimum Gasteiger partial charge on any atom is -0.480 e. The Morgan fingerprint density at radius 3 is 2.67 bits per heavy atom. The largest absolute Gasteiger partial charge is 0.480 e. The van der Waals surface area contributed by atoms with E-state index in [1.165, 1.54) is 0 Å². The second-order valence-electron chi connectivity index (χ2n) is 5.68. The van der Waals surface area contributed by atoms with Gasteiger partial charge in [-0.3, -0.25) is 9.69 Å². The average molecular weight is 256 g/mol. The molecule has 0 amide bonds. The Morgan fingerprint density at radius 2 is 2.11 bits per heavy atom. The summed E-state index contributed by atoms with van der Waals surface area (Å²) in [6.45, 7) is 8.14. The van der Waals surface area contributed by atoms with Gasteiger partial charge in [0.15, 0.2) is 0 Å². The third-order valence-corrected chi connectivity index (χ3v) is 4.25. The van der Waals surface area contributed by atoms with E-state index in [1.54, 1.807) is 0 Å². The van der Waals surface area contributed by atoms with Crippen molar-refractivity contribution in [2.45, 2.75) is 38.3 Å². The first-order chi connectivity index (χ1) is 8.56. The van der Waals surface area contributed by atoms with Crippen LogP contribution in [0, 0.1) is 5.92 Å². The summed E-state index contributed by atoms with van der Waals surface area (Å²) in [5, 5.41) is 13.0. The minimum atomic E-state index is -0.713. The Hall–Kier alpha value is -0.650. The molecule has 0 aromatic heterocycles. The number of hydrogen-bond acceptors (Lipinski definition) is 4. The molecular formula is C13H24N2O3. The predicted octanol–water partition coefficient (Wildman–Crippen LogP) is 0.550. The Bertz CT molecular complexity index is 303. The fourth-order valence-corrected chi connectivity index (χ4v) is 3.01. The molecule has 2 atom stereocenters. The van der Waals surface area contributed by atoms with Crippen LogP contribution in [0.2, 0.25) is 0 Å². The topological polar surface area (TPSA) is 61.8 Å². The van der Waals surface area contributed by atoms with Crippen molar-refractivity contribution in [1.82, 2.24) is 10.2 Å². The normalized spacial score (nSPS) is 34.7. The lowest BCUT2D eigenvalue weighted by Crippen LogP contribution is -2.63. The summed E-state index contributed by atoms with van der Waals surface area (Å²) >= 11 is 0. The highest BCUT2D eigenvalue weighted by Gasteiger charge is 2.48. The van der Waals surface area contributed by atoms with E-state index in [1.807, 2.05) is 0 Å². The molecule has 2 rings (SSSR count). The fourth-order valence-electron chi connectivity index (χ4n) is 3.01. The number of aliphatic carboxylic acids is 1. The van der Waals surface area contributed by atoms with E-state index < -0.39 is 11.5 Å². The lowest BCUT2D eigenvalue weighted by atomic mass is 9.81. The Labute approximate surface area is 108 Å². The van der Waals surface area contributed by atoms with Crippen molar-refractivity contribution in [3.63, 3.8) is 0 Å². The number of hydrogen-bond donors (Lipinski definition) is 2. The van der Waals surface area contributed by atoms with Crippen molar-refractivity contribution in [1.29, 1.82) is 0 Å². The SMILES string of the molecule is CC(C)C1CC(C(=O)O)(N2CCNCC2)CCO1. The first-order valence-electron chi connectivity index (χ1n) is 6.87. The first kappa shape index (κ1) is 13.8. The van der Waals surface area contributed by atoms with Gasteiger partial charge in [0.1, 0.15) is 5.54 Å². The van der Waals surface area contributed by atoms with E-state index in [0.29, 0.717) is 25.4 Å². The molecule has 0 spiro atoms. The van der Waals surface area contributed by atoms with E-state index in [4.69, 9.17) is 4.74 Å². The molecule has 2 N–H and O–H groups in total. The molecule has 2 unspecified atom stereocenters. The maximum Gasteiger partial charge on any atom is 0.324 e. The number of carboxylic acid groups (broad SMARTS) is 1. The van der Waals surface area contributed by atoms with Crippen LogP contribution in [0.15, 0.2) is 0 Å². The number of carbonyl (C=O) groups is 1. The zero-order chi connectivity index (χ0) is 13.2. The maximum atomic E-state index is 11.8. The summed E-state index contributed by atoms with van der Waals surface area (Å²) in [6.07, 6.45) is 1.27. The molecule has 0 aromatic carbocycles. The van der Waals surface area contributed by atoms with Gasteiger partial charge in [0.25, 0.3) is 0 Å².